The van der Waals surface area contributed by atoms with Gasteiger partial charge in [0, 0.05) is 18.0 Å². The molecule has 18 heavy (non-hydrogen) atoms. The molecule has 6 nitrogen and oxygen atoms in total. The molecule has 1 heterocycles. The number of hydrogen-bond acceptors (Lipinski definition) is 6. The van der Waals surface area contributed by atoms with Crippen LogP contribution in [0, 0.1) is 10.1 Å². The van der Waals surface area contributed by atoms with Gasteiger partial charge in [0.25, 0.3) is 0 Å². The van der Waals surface area contributed by atoms with Crippen LogP contribution in [0.2, 0.25) is 0 Å². The summed E-state index contributed by atoms with van der Waals surface area (Å²) in [5.74, 6) is 0. The maximum Gasteiger partial charge on any atom is 0.304 e. The van der Waals surface area contributed by atoms with Crippen LogP contribution < -0.4 is 4.90 Å². The zero-order valence-electron chi connectivity index (χ0n) is 10.9. The van der Waals surface area contributed by atoms with Gasteiger partial charge in [-0.15, -0.1) is 11.3 Å². The maximum absolute atomic E-state index is 11.0. The lowest BCUT2D eigenvalue weighted by Gasteiger charge is -2.34. The maximum atomic E-state index is 11.0. The lowest BCUT2D eigenvalue weighted by molar-refractivity contribution is -0.383. The third-order valence-electron chi connectivity index (χ3n) is 2.92. The van der Waals surface area contributed by atoms with Gasteiger partial charge in [0.1, 0.15) is 0 Å². The molecule has 102 valence electrons. The minimum atomic E-state index is -0.743. The number of anilines is 1. The third kappa shape index (κ3) is 2.80. The van der Waals surface area contributed by atoms with Crippen LogP contribution in [-0.2, 0) is 0 Å². The molecule has 1 atom stereocenters. The quantitative estimate of drug-likeness (QED) is 0.632. The van der Waals surface area contributed by atoms with Gasteiger partial charge in [0.2, 0.25) is 0 Å². The van der Waals surface area contributed by atoms with Crippen molar-refractivity contribution in [2.75, 3.05) is 18.6 Å². The molecule has 0 unspecified atom stereocenters. The van der Waals surface area contributed by atoms with Crippen LogP contribution in [0.3, 0.4) is 0 Å². The fourth-order valence-electron chi connectivity index (χ4n) is 1.35. The van der Waals surface area contributed by atoms with Crippen LogP contribution >= 0.6 is 11.3 Å². The van der Waals surface area contributed by atoms with Gasteiger partial charge in [-0.25, -0.2) is 0 Å². The highest BCUT2D eigenvalue weighted by Crippen LogP contribution is 2.41. The first-order valence-corrected chi connectivity index (χ1v) is 6.33. The highest BCUT2D eigenvalue weighted by Gasteiger charge is 2.31. The van der Waals surface area contributed by atoms with Gasteiger partial charge in [-0.1, -0.05) is 0 Å². The predicted molar refractivity (Wildman–Crippen MR) is 71.2 cm³/mol. The van der Waals surface area contributed by atoms with E-state index in [1.54, 1.807) is 32.7 Å². The van der Waals surface area contributed by atoms with Crippen molar-refractivity contribution in [1.29, 1.82) is 0 Å². The predicted octanol–water partition coefficient (Wildman–Crippen LogP) is 1.92. The number of aliphatic hydroxyl groups excluding tert-OH is 2. The van der Waals surface area contributed by atoms with E-state index in [1.807, 2.05) is 0 Å². The molecule has 0 saturated carbocycles. The normalized spacial score (nSPS) is 13.4. The monoisotopic (exact) mass is 274 g/mol. The Morgan fingerprint density at radius 2 is 2.17 bits per heavy atom. The Morgan fingerprint density at radius 1 is 1.61 bits per heavy atom. The fraction of sp³-hybridized carbons (Fsp3) is 0.636. The van der Waals surface area contributed by atoms with Crippen LogP contribution in [0.1, 0.15) is 31.8 Å². The van der Waals surface area contributed by atoms with E-state index in [0.29, 0.717) is 9.88 Å². The third-order valence-corrected chi connectivity index (χ3v) is 4.29. The minimum absolute atomic E-state index is 0.0417. The molecular weight excluding hydrogens is 256 g/mol. The molecule has 0 radical (unpaired) electrons. The summed E-state index contributed by atoms with van der Waals surface area (Å²) in [6, 6.07) is 1.38. The Labute approximate surface area is 110 Å². The molecule has 1 aromatic heterocycles. The number of likely N-dealkylation sites (N-methyl/N-ethyl adjacent to an activating group) is 1. The molecule has 7 heteroatoms. The summed E-state index contributed by atoms with van der Waals surface area (Å²) in [5.41, 5.74) is -0.647. The topological polar surface area (TPSA) is 86.8 Å². The van der Waals surface area contributed by atoms with Gasteiger partial charge in [0.05, 0.1) is 23.2 Å². The van der Waals surface area contributed by atoms with Crippen molar-refractivity contribution in [3.05, 3.63) is 21.1 Å². The zero-order valence-corrected chi connectivity index (χ0v) is 11.7. The second-order valence-electron chi connectivity index (χ2n) is 4.80. The van der Waals surface area contributed by atoms with E-state index in [2.05, 4.69) is 0 Å². The molecule has 0 aromatic carbocycles. The smallest absolute Gasteiger partial charge is 0.304 e. The first-order chi connectivity index (χ1) is 8.20. The lowest BCUT2D eigenvalue weighted by atomic mass is 10.1. The SMILES string of the molecule is C[C@H](O)c1cc([N+](=O)[O-])c(N(C)C(C)(C)CO)s1. The van der Waals surface area contributed by atoms with Gasteiger partial charge < -0.3 is 15.1 Å². The highest BCUT2D eigenvalue weighted by molar-refractivity contribution is 7.16. The van der Waals surface area contributed by atoms with Crippen molar-refractivity contribution in [1.82, 2.24) is 0 Å². The summed E-state index contributed by atoms with van der Waals surface area (Å²) in [5, 5.41) is 30.3. The fourth-order valence-corrected chi connectivity index (χ4v) is 2.53. The Kier molecular flexibility index (Phi) is 4.31. The molecule has 0 amide bonds. The molecule has 0 fully saturated rings. The van der Waals surface area contributed by atoms with E-state index in [9.17, 15) is 20.3 Å². The van der Waals surface area contributed by atoms with E-state index in [1.165, 1.54) is 17.4 Å². The highest BCUT2D eigenvalue weighted by atomic mass is 32.1. The summed E-state index contributed by atoms with van der Waals surface area (Å²) < 4.78 is 0. The van der Waals surface area contributed by atoms with Gasteiger partial charge >= 0.3 is 5.69 Å². The Balaban J connectivity index is 3.26. The minimum Gasteiger partial charge on any atom is -0.394 e. The van der Waals surface area contributed by atoms with E-state index in [0.717, 1.165) is 0 Å². The van der Waals surface area contributed by atoms with Crippen LogP contribution in [0.4, 0.5) is 10.7 Å². The second-order valence-corrected chi connectivity index (χ2v) is 5.86. The van der Waals surface area contributed by atoms with Crippen molar-refractivity contribution in [3.63, 3.8) is 0 Å². The Hall–Kier alpha value is -1.18. The largest absolute Gasteiger partial charge is 0.394 e. The molecular formula is C11H18N2O4S. The molecule has 0 aliphatic heterocycles. The second kappa shape index (κ2) is 5.21. The van der Waals surface area contributed by atoms with Crippen molar-refractivity contribution in [2.24, 2.45) is 0 Å². The van der Waals surface area contributed by atoms with E-state index in [4.69, 9.17) is 0 Å². The molecule has 0 saturated heterocycles. The van der Waals surface area contributed by atoms with Crippen molar-refractivity contribution in [2.45, 2.75) is 32.4 Å². The van der Waals surface area contributed by atoms with Crippen LogP contribution in [-0.4, -0.2) is 34.3 Å². The first-order valence-electron chi connectivity index (χ1n) is 5.51. The van der Waals surface area contributed by atoms with Crippen LogP contribution in [0.5, 0.6) is 0 Å². The molecule has 0 spiro atoms. The molecule has 0 aliphatic carbocycles. The number of rotatable bonds is 5. The summed E-state index contributed by atoms with van der Waals surface area (Å²) in [6.45, 7) is 5.02. The van der Waals surface area contributed by atoms with Gasteiger partial charge in [-0.3, -0.25) is 10.1 Å². The van der Waals surface area contributed by atoms with E-state index >= 15 is 0 Å². The summed E-state index contributed by atoms with van der Waals surface area (Å²) in [7, 11) is 1.70. The first kappa shape index (κ1) is 14.9. The summed E-state index contributed by atoms with van der Waals surface area (Å²) in [6.07, 6.45) is -0.743. The van der Waals surface area contributed by atoms with E-state index in [-0.39, 0.29) is 12.3 Å². The van der Waals surface area contributed by atoms with Crippen molar-refractivity contribution >= 4 is 22.0 Å². The number of nitro groups is 1. The zero-order chi connectivity index (χ0) is 14.1. The Bertz CT molecular complexity index is 442. The number of aliphatic hydroxyl groups is 2. The average Bonchev–Trinajstić information content (AvgIpc) is 2.72. The molecule has 0 bridgehead atoms. The van der Waals surface area contributed by atoms with Crippen molar-refractivity contribution in [3.8, 4) is 0 Å². The number of hydrogen-bond donors (Lipinski definition) is 2. The molecule has 2 N–H and O–H groups in total. The summed E-state index contributed by atoms with van der Waals surface area (Å²) in [4.78, 5) is 12.8. The molecule has 0 aliphatic rings. The molecule has 1 aromatic rings. The number of nitrogens with zero attached hydrogens (tertiary/aromatic N) is 2. The van der Waals surface area contributed by atoms with Gasteiger partial charge in [0.15, 0.2) is 5.00 Å². The lowest BCUT2D eigenvalue weighted by Crippen LogP contribution is -2.44. The standard InChI is InChI=1S/C11H18N2O4S/c1-7(15)9-5-8(13(16)17)10(18-9)12(4)11(2,3)6-14/h5,7,14-15H,6H2,1-4H3/t7-/m0/s1. The van der Waals surface area contributed by atoms with Gasteiger partial charge in [-0.05, 0) is 20.8 Å². The summed E-state index contributed by atoms with van der Waals surface area (Å²) >= 11 is 1.17. The average molecular weight is 274 g/mol. The van der Waals surface area contributed by atoms with E-state index < -0.39 is 16.6 Å². The van der Waals surface area contributed by atoms with Gasteiger partial charge in [-0.2, -0.15) is 0 Å². The van der Waals surface area contributed by atoms with Crippen molar-refractivity contribution < 1.29 is 15.1 Å². The van der Waals surface area contributed by atoms with Crippen LogP contribution in [0.15, 0.2) is 6.07 Å². The number of thiophene rings is 1. The van der Waals surface area contributed by atoms with Crippen LogP contribution in [0.25, 0.3) is 0 Å². The molecule has 1 rings (SSSR count). The Morgan fingerprint density at radius 3 is 2.56 bits per heavy atom.